The second-order valence-corrected chi connectivity index (χ2v) is 11.6. The molecule has 0 unspecified atom stereocenters. The lowest BCUT2D eigenvalue weighted by atomic mass is 9.98. The van der Waals surface area contributed by atoms with E-state index in [-0.39, 0.29) is 0 Å². The van der Waals surface area contributed by atoms with E-state index in [1.165, 1.54) is 0 Å². The number of anilines is 3. The number of aromatic nitrogens is 3. The Hall–Kier alpha value is -6.59. The second-order valence-electron chi connectivity index (χ2n) is 11.6. The van der Waals surface area contributed by atoms with Crippen molar-refractivity contribution >= 4 is 49.8 Å². The molecule has 7 aromatic carbocycles. The fourth-order valence-corrected chi connectivity index (χ4v) is 6.51. The van der Waals surface area contributed by atoms with Gasteiger partial charge in [0.2, 0.25) is 0 Å². The Morgan fingerprint density at radius 3 is 1.56 bits per heavy atom. The maximum Gasteiger partial charge on any atom is 0.164 e. The molecule has 0 bridgehead atoms. The summed E-state index contributed by atoms with van der Waals surface area (Å²) in [4.78, 5) is 17.6. The molecule has 0 aliphatic carbocycles. The van der Waals surface area contributed by atoms with Gasteiger partial charge in [0.05, 0.1) is 11.1 Å². The van der Waals surface area contributed by atoms with E-state index in [2.05, 4.69) is 95.9 Å². The molecule has 0 spiro atoms. The average Bonchev–Trinajstić information content (AvgIpc) is 3.57. The van der Waals surface area contributed by atoms with Crippen LogP contribution in [0.25, 0.3) is 66.9 Å². The van der Waals surface area contributed by atoms with Crippen LogP contribution in [0.2, 0.25) is 0 Å². The third kappa shape index (κ3) is 4.77. The number of furan rings is 1. The Kier molecular flexibility index (Phi) is 6.72. The van der Waals surface area contributed by atoms with Crippen molar-refractivity contribution in [1.29, 1.82) is 0 Å². The summed E-state index contributed by atoms with van der Waals surface area (Å²) in [6.07, 6.45) is 0. The minimum absolute atomic E-state index is 0.585. The van der Waals surface area contributed by atoms with Crippen LogP contribution in [0.5, 0.6) is 0 Å². The smallest absolute Gasteiger partial charge is 0.164 e. The standard InChI is InChI=1S/C43H28N4O/c1-5-16-29(17-6-1)41-44-42(30-18-7-2-8-19-30)46-43(45-41)35-28-31-20-13-14-25-34(31)40-38(35)39-36(26-15-27-37(39)48-40)47(32-21-9-3-10-22-32)33-23-11-4-12-24-33/h1-28H. The van der Waals surface area contributed by atoms with Gasteiger partial charge in [0, 0.05) is 38.8 Å². The number of fused-ring (bicyclic) bond motifs is 5. The monoisotopic (exact) mass is 616 g/mol. The summed E-state index contributed by atoms with van der Waals surface area (Å²) in [6, 6.07) is 57.9. The zero-order valence-electron chi connectivity index (χ0n) is 25.9. The summed E-state index contributed by atoms with van der Waals surface area (Å²) in [5.41, 5.74) is 7.41. The van der Waals surface area contributed by atoms with Gasteiger partial charge in [0.25, 0.3) is 0 Å². The maximum absolute atomic E-state index is 6.82. The molecule has 0 aliphatic rings. The van der Waals surface area contributed by atoms with Gasteiger partial charge in [-0.3, -0.25) is 0 Å². The topological polar surface area (TPSA) is 55.1 Å². The van der Waals surface area contributed by atoms with Gasteiger partial charge in [0.15, 0.2) is 17.5 Å². The van der Waals surface area contributed by atoms with E-state index in [1.807, 2.05) is 78.9 Å². The second kappa shape index (κ2) is 11.6. The number of hydrogen-bond donors (Lipinski definition) is 0. The fraction of sp³-hybridized carbons (Fsp3) is 0. The minimum atomic E-state index is 0.585. The molecule has 2 aromatic heterocycles. The minimum Gasteiger partial charge on any atom is -0.455 e. The molecule has 0 radical (unpaired) electrons. The van der Waals surface area contributed by atoms with E-state index in [9.17, 15) is 0 Å². The molecule has 0 aliphatic heterocycles. The molecule has 9 rings (SSSR count). The molecule has 0 saturated carbocycles. The quantitative estimate of drug-likeness (QED) is 0.186. The first-order chi connectivity index (χ1) is 23.8. The van der Waals surface area contributed by atoms with Crippen LogP contribution in [0.15, 0.2) is 174 Å². The number of nitrogens with zero attached hydrogens (tertiary/aromatic N) is 4. The first-order valence-electron chi connectivity index (χ1n) is 16.0. The zero-order chi connectivity index (χ0) is 31.9. The predicted molar refractivity (Wildman–Crippen MR) is 196 cm³/mol. The van der Waals surface area contributed by atoms with Gasteiger partial charge in [0.1, 0.15) is 11.2 Å². The molecule has 0 N–H and O–H groups in total. The van der Waals surface area contributed by atoms with Crippen LogP contribution in [0, 0.1) is 0 Å². The molecule has 48 heavy (non-hydrogen) atoms. The van der Waals surface area contributed by atoms with Crippen molar-refractivity contribution in [2.45, 2.75) is 0 Å². The Bertz CT molecular complexity index is 2450. The van der Waals surface area contributed by atoms with Crippen molar-refractivity contribution in [2.75, 3.05) is 4.90 Å². The van der Waals surface area contributed by atoms with Gasteiger partial charge >= 0.3 is 0 Å². The highest BCUT2D eigenvalue weighted by atomic mass is 16.3. The Balaban J connectivity index is 1.40. The van der Waals surface area contributed by atoms with Crippen molar-refractivity contribution < 1.29 is 4.42 Å². The summed E-state index contributed by atoms with van der Waals surface area (Å²) in [5, 5.41) is 4.03. The number of benzene rings is 7. The molecular weight excluding hydrogens is 589 g/mol. The van der Waals surface area contributed by atoms with Gasteiger partial charge in [-0.05, 0) is 47.9 Å². The molecule has 0 saturated heterocycles. The third-order valence-electron chi connectivity index (χ3n) is 8.68. The lowest BCUT2D eigenvalue weighted by Gasteiger charge is -2.26. The van der Waals surface area contributed by atoms with Gasteiger partial charge in [-0.2, -0.15) is 0 Å². The third-order valence-corrected chi connectivity index (χ3v) is 8.68. The van der Waals surface area contributed by atoms with Crippen LogP contribution in [0.4, 0.5) is 17.1 Å². The maximum atomic E-state index is 6.82. The van der Waals surface area contributed by atoms with Gasteiger partial charge in [-0.15, -0.1) is 0 Å². The summed E-state index contributed by atoms with van der Waals surface area (Å²) in [6.45, 7) is 0. The van der Waals surface area contributed by atoms with Crippen LogP contribution < -0.4 is 4.90 Å². The highest BCUT2D eigenvalue weighted by molar-refractivity contribution is 6.24. The molecule has 0 fully saturated rings. The summed E-state index contributed by atoms with van der Waals surface area (Å²) in [7, 11) is 0. The molecule has 2 heterocycles. The van der Waals surface area contributed by atoms with E-state index in [0.717, 1.165) is 66.5 Å². The lowest BCUT2D eigenvalue weighted by molar-refractivity contribution is 0.673. The normalized spacial score (nSPS) is 11.3. The molecule has 0 atom stereocenters. The highest BCUT2D eigenvalue weighted by Crippen LogP contribution is 2.47. The van der Waals surface area contributed by atoms with Crippen LogP contribution in [0.1, 0.15) is 0 Å². The van der Waals surface area contributed by atoms with E-state index in [1.54, 1.807) is 0 Å². The molecule has 9 aromatic rings. The molecule has 5 nitrogen and oxygen atoms in total. The Labute approximate surface area is 277 Å². The first kappa shape index (κ1) is 27.7. The molecule has 5 heteroatoms. The number of rotatable bonds is 6. The predicted octanol–water partition coefficient (Wildman–Crippen LogP) is 11.4. The van der Waals surface area contributed by atoms with Crippen molar-refractivity contribution in [3.05, 3.63) is 170 Å². The SMILES string of the molecule is c1ccc(-c2nc(-c3ccccc3)nc(-c3cc4ccccc4c4oc5cccc(N(c6ccccc6)c6ccccc6)c5c34)n2)cc1. The van der Waals surface area contributed by atoms with E-state index in [4.69, 9.17) is 19.4 Å². The summed E-state index contributed by atoms with van der Waals surface area (Å²) >= 11 is 0. The molecule has 226 valence electrons. The zero-order valence-corrected chi connectivity index (χ0v) is 25.9. The number of para-hydroxylation sites is 2. The van der Waals surface area contributed by atoms with Crippen molar-refractivity contribution in [3.8, 4) is 34.2 Å². The summed E-state index contributed by atoms with van der Waals surface area (Å²) < 4.78 is 6.82. The van der Waals surface area contributed by atoms with Gasteiger partial charge < -0.3 is 9.32 Å². The van der Waals surface area contributed by atoms with Gasteiger partial charge in [-0.1, -0.05) is 127 Å². The largest absolute Gasteiger partial charge is 0.455 e. The highest BCUT2D eigenvalue weighted by Gasteiger charge is 2.24. The van der Waals surface area contributed by atoms with Crippen LogP contribution in [-0.4, -0.2) is 15.0 Å². The van der Waals surface area contributed by atoms with E-state index >= 15 is 0 Å². The Morgan fingerprint density at radius 2 is 0.958 bits per heavy atom. The van der Waals surface area contributed by atoms with Gasteiger partial charge in [-0.25, -0.2) is 15.0 Å². The first-order valence-corrected chi connectivity index (χ1v) is 16.0. The van der Waals surface area contributed by atoms with E-state index in [0.29, 0.717) is 17.5 Å². The van der Waals surface area contributed by atoms with Crippen LogP contribution >= 0.6 is 0 Å². The van der Waals surface area contributed by atoms with Crippen molar-refractivity contribution in [1.82, 2.24) is 15.0 Å². The molecule has 0 amide bonds. The fourth-order valence-electron chi connectivity index (χ4n) is 6.51. The Morgan fingerprint density at radius 1 is 0.438 bits per heavy atom. The summed E-state index contributed by atoms with van der Waals surface area (Å²) in [5.74, 6) is 1.81. The number of hydrogen-bond acceptors (Lipinski definition) is 5. The van der Waals surface area contributed by atoms with Crippen molar-refractivity contribution in [3.63, 3.8) is 0 Å². The van der Waals surface area contributed by atoms with Crippen LogP contribution in [-0.2, 0) is 0 Å². The van der Waals surface area contributed by atoms with Crippen LogP contribution in [0.3, 0.4) is 0 Å². The van der Waals surface area contributed by atoms with Crippen molar-refractivity contribution in [2.24, 2.45) is 0 Å². The average molecular weight is 617 g/mol. The molecular formula is C43H28N4O. The lowest BCUT2D eigenvalue weighted by Crippen LogP contribution is -2.10. The van der Waals surface area contributed by atoms with E-state index < -0.39 is 0 Å².